The molecule has 1 aliphatic rings. The van der Waals surface area contributed by atoms with Crippen LogP contribution in [0.15, 0.2) is 71.6 Å². The Morgan fingerprint density at radius 1 is 0.974 bits per heavy atom. The monoisotopic (exact) mass is 540 g/mol. The number of hydrogen-bond donors (Lipinski definition) is 1. The molecule has 4 aromatic rings. The zero-order valence-corrected chi connectivity index (χ0v) is 22.8. The summed E-state index contributed by atoms with van der Waals surface area (Å²) in [7, 11) is 3.21. The zero-order valence-electron chi connectivity index (χ0n) is 21.9. The number of esters is 1. The van der Waals surface area contributed by atoms with Crippen molar-refractivity contribution in [3.63, 3.8) is 0 Å². The molecule has 1 N–H and O–H groups in total. The second kappa shape index (κ2) is 11.6. The highest BCUT2D eigenvalue weighted by molar-refractivity contribution is 7.98. The number of amides is 1. The van der Waals surface area contributed by atoms with Crippen LogP contribution in [0.3, 0.4) is 0 Å². The molecule has 39 heavy (non-hydrogen) atoms. The maximum absolute atomic E-state index is 13.4. The SMILES string of the molecule is COc1ccc(/C=C2\CCc3c2nc2ccccc2c3C(=O)OCC(=O)Nc2cccc(SC)c2)cc1OC. The quantitative estimate of drug-likeness (QED) is 0.209. The fraction of sp³-hybridized carbons (Fsp3) is 0.194. The van der Waals surface area contributed by atoms with E-state index in [0.29, 0.717) is 40.1 Å². The van der Waals surface area contributed by atoms with E-state index in [1.807, 2.05) is 66.9 Å². The molecule has 1 heterocycles. The predicted octanol–water partition coefficient (Wildman–Crippen LogP) is 6.26. The number of nitrogens with zero attached hydrogens (tertiary/aromatic N) is 1. The van der Waals surface area contributed by atoms with E-state index in [-0.39, 0.29) is 6.61 Å². The molecule has 0 radical (unpaired) electrons. The third-order valence-corrected chi connectivity index (χ3v) is 7.31. The van der Waals surface area contributed by atoms with Crippen molar-refractivity contribution >= 4 is 51.9 Å². The van der Waals surface area contributed by atoms with Gasteiger partial charge in [-0.1, -0.05) is 30.3 Å². The first kappa shape index (κ1) is 26.3. The van der Waals surface area contributed by atoms with Gasteiger partial charge in [0.15, 0.2) is 18.1 Å². The minimum absolute atomic E-state index is 0.387. The van der Waals surface area contributed by atoms with E-state index in [2.05, 4.69) is 11.4 Å². The largest absolute Gasteiger partial charge is 0.493 e. The molecule has 0 spiro atoms. The molecule has 3 aromatic carbocycles. The van der Waals surface area contributed by atoms with Gasteiger partial charge < -0.3 is 19.5 Å². The van der Waals surface area contributed by atoms with Gasteiger partial charge in [-0.25, -0.2) is 9.78 Å². The fourth-order valence-corrected chi connectivity index (χ4v) is 5.22. The summed E-state index contributed by atoms with van der Waals surface area (Å²) in [6, 6.07) is 20.7. The average molecular weight is 541 g/mol. The topological polar surface area (TPSA) is 86.8 Å². The number of methoxy groups -OCH3 is 2. The number of allylic oxidation sites excluding steroid dienone is 1. The standard InChI is InChI=1S/C31H28N2O5S/c1-36-26-14-11-19(16-27(26)37-2)15-20-12-13-24-29(23-9-4-5-10-25(23)33-30(20)24)31(35)38-18-28(34)32-21-7-6-8-22(17-21)39-3/h4-11,14-17H,12-13,18H2,1-3H3,(H,32,34)/b20-15+. The molecule has 8 heteroatoms. The Morgan fingerprint density at radius 3 is 2.59 bits per heavy atom. The van der Waals surface area contributed by atoms with Gasteiger partial charge in [0, 0.05) is 16.0 Å². The number of fused-ring (bicyclic) bond motifs is 2. The highest BCUT2D eigenvalue weighted by atomic mass is 32.2. The number of pyridine rings is 1. The molecule has 5 rings (SSSR count). The first-order valence-electron chi connectivity index (χ1n) is 12.5. The molecule has 0 aliphatic heterocycles. The number of hydrogen-bond acceptors (Lipinski definition) is 7. The van der Waals surface area contributed by atoms with Crippen LogP contribution in [0.1, 0.15) is 33.6 Å². The number of rotatable bonds is 8. The summed E-state index contributed by atoms with van der Waals surface area (Å²) in [5.74, 6) is 0.358. The Hall–Kier alpha value is -4.30. The molecule has 198 valence electrons. The molecule has 0 saturated heterocycles. The minimum atomic E-state index is -0.537. The summed E-state index contributed by atoms with van der Waals surface area (Å²) in [6.07, 6.45) is 5.39. The van der Waals surface area contributed by atoms with Gasteiger partial charge >= 0.3 is 5.97 Å². The Kier molecular flexibility index (Phi) is 7.84. The summed E-state index contributed by atoms with van der Waals surface area (Å²) < 4.78 is 16.3. The van der Waals surface area contributed by atoms with Crippen molar-refractivity contribution < 1.29 is 23.8 Å². The summed E-state index contributed by atoms with van der Waals surface area (Å²) in [5.41, 5.74) is 5.38. The Bertz CT molecular complexity index is 1600. The Morgan fingerprint density at radius 2 is 1.79 bits per heavy atom. The molecule has 1 aromatic heterocycles. The summed E-state index contributed by atoms with van der Waals surface area (Å²) in [4.78, 5) is 31.9. The number of thioether (sulfide) groups is 1. The van der Waals surface area contributed by atoms with Crippen molar-refractivity contribution in [1.82, 2.24) is 4.98 Å². The maximum Gasteiger partial charge on any atom is 0.339 e. The molecule has 0 unspecified atom stereocenters. The van der Waals surface area contributed by atoms with Gasteiger partial charge in [0.25, 0.3) is 5.91 Å². The van der Waals surface area contributed by atoms with Gasteiger partial charge in [-0.2, -0.15) is 0 Å². The van der Waals surface area contributed by atoms with Gasteiger partial charge in [0.2, 0.25) is 0 Å². The molecule has 1 amide bonds. The van der Waals surface area contributed by atoms with Crippen molar-refractivity contribution in [3.8, 4) is 11.5 Å². The normalized spacial score (nSPS) is 13.3. The number of carbonyl (C=O) groups excluding carboxylic acids is 2. The highest BCUT2D eigenvalue weighted by Crippen LogP contribution is 2.38. The van der Waals surface area contributed by atoms with Crippen LogP contribution in [0.25, 0.3) is 22.6 Å². The van der Waals surface area contributed by atoms with Gasteiger partial charge in [-0.15, -0.1) is 11.8 Å². The molecule has 0 atom stereocenters. The first-order valence-corrected chi connectivity index (χ1v) is 13.7. The zero-order chi connectivity index (χ0) is 27.4. The van der Waals surface area contributed by atoms with Gasteiger partial charge in [-0.05, 0) is 78.3 Å². The van der Waals surface area contributed by atoms with Crippen molar-refractivity contribution in [2.75, 3.05) is 32.4 Å². The van der Waals surface area contributed by atoms with E-state index >= 15 is 0 Å². The molecular weight excluding hydrogens is 512 g/mol. The Labute approximate surface area is 231 Å². The molecule has 1 aliphatic carbocycles. The predicted molar refractivity (Wildman–Crippen MR) is 155 cm³/mol. The summed E-state index contributed by atoms with van der Waals surface area (Å²) >= 11 is 1.58. The number of benzene rings is 3. The van der Waals surface area contributed by atoms with Crippen LogP contribution in [-0.4, -0.2) is 43.9 Å². The molecule has 7 nitrogen and oxygen atoms in total. The van der Waals surface area contributed by atoms with Gasteiger partial charge in [-0.3, -0.25) is 4.79 Å². The third-order valence-electron chi connectivity index (χ3n) is 6.58. The number of para-hydroxylation sites is 1. The second-order valence-electron chi connectivity index (χ2n) is 8.97. The van der Waals surface area contributed by atoms with E-state index in [9.17, 15) is 9.59 Å². The lowest BCUT2D eigenvalue weighted by atomic mass is 10.0. The van der Waals surface area contributed by atoms with Crippen molar-refractivity contribution in [3.05, 3.63) is 89.1 Å². The second-order valence-corrected chi connectivity index (χ2v) is 9.85. The molecule has 0 saturated carbocycles. The van der Waals surface area contributed by atoms with Gasteiger partial charge in [0.05, 0.1) is 31.0 Å². The molecule has 0 bridgehead atoms. The van der Waals surface area contributed by atoms with E-state index in [1.165, 1.54) is 0 Å². The van der Waals surface area contributed by atoms with Crippen LogP contribution in [0.2, 0.25) is 0 Å². The van der Waals surface area contributed by atoms with Crippen LogP contribution < -0.4 is 14.8 Å². The molecular formula is C31H28N2O5S. The average Bonchev–Trinajstić information content (AvgIpc) is 3.36. The van der Waals surface area contributed by atoms with Crippen molar-refractivity contribution in [1.29, 1.82) is 0 Å². The molecule has 0 fully saturated rings. The lowest BCUT2D eigenvalue weighted by Gasteiger charge is -2.13. The number of nitrogens with one attached hydrogen (secondary N) is 1. The van der Waals surface area contributed by atoms with Crippen LogP contribution in [0.4, 0.5) is 5.69 Å². The van der Waals surface area contributed by atoms with E-state index in [0.717, 1.165) is 33.7 Å². The van der Waals surface area contributed by atoms with Crippen LogP contribution in [-0.2, 0) is 16.0 Å². The minimum Gasteiger partial charge on any atom is -0.493 e. The van der Waals surface area contributed by atoms with Crippen molar-refractivity contribution in [2.24, 2.45) is 0 Å². The lowest BCUT2D eigenvalue weighted by Crippen LogP contribution is -2.21. The lowest BCUT2D eigenvalue weighted by molar-refractivity contribution is -0.119. The van der Waals surface area contributed by atoms with Crippen LogP contribution in [0.5, 0.6) is 11.5 Å². The first-order chi connectivity index (χ1) is 19.0. The number of carbonyl (C=O) groups is 2. The smallest absolute Gasteiger partial charge is 0.339 e. The maximum atomic E-state index is 13.4. The number of aromatic nitrogens is 1. The van der Waals surface area contributed by atoms with Crippen LogP contribution in [0, 0.1) is 0 Å². The van der Waals surface area contributed by atoms with E-state index in [4.69, 9.17) is 19.2 Å². The summed E-state index contributed by atoms with van der Waals surface area (Å²) in [6.45, 7) is -0.387. The van der Waals surface area contributed by atoms with Crippen molar-refractivity contribution in [2.45, 2.75) is 17.7 Å². The highest BCUT2D eigenvalue weighted by Gasteiger charge is 2.28. The van der Waals surface area contributed by atoms with E-state index < -0.39 is 11.9 Å². The number of ether oxygens (including phenoxy) is 3. The fourth-order valence-electron chi connectivity index (χ4n) is 4.76. The number of anilines is 1. The van der Waals surface area contributed by atoms with Gasteiger partial charge in [0.1, 0.15) is 0 Å². The summed E-state index contributed by atoms with van der Waals surface area (Å²) in [5, 5.41) is 3.50. The Balaban J connectivity index is 1.42. The third kappa shape index (κ3) is 5.61. The van der Waals surface area contributed by atoms with Crippen LogP contribution >= 0.6 is 11.8 Å². The van der Waals surface area contributed by atoms with E-state index in [1.54, 1.807) is 32.0 Å².